The first-order valence-electron chi connectivity index (χ1n) is 10.7. The Morgan fingerprint density at radius 3 is 2.62 bits per heavy atom. The number of nitrogens with zero attached hydrogens (tertiary/aromatic N) is 4. The van der Waals surface area contributed by atoms with E-state index >= 15 is 0 Å². The highest BCUT2D eigenvalue weighted by atomic mass is 35.5. The molecule has 0 bridgehead atoms. The van der Waals surface area contributed by atoms with Crippen molar-refractivity contribution in [1.29, 1.82) is 0 Å². The fraction of sp³-hybridized carbons (Fsp3) is 0.200. The van der Waals surface area contributed by atoms with Crippen LogP contribution in [0.25, 0.3) is 16.6 Å². The second-order valence-corrected chi connectivity index (χ2v) is 10.0. The molecule has 4 heterocycles. The van der Waals surface area contributed by atoms with Crippen molar-refractivity contribution in [2.75, 3.05) is 0 Å². The average Bonchev–Trinajstić information content (AvgIpc) is 3.25. The Morgan fingerprint density at radius 1 is 1.03 bits per heavy atom. The van der Waals surface area contributed by atoms with Crippen molar-refractivity contribution in [3.63, 3.8) is 0 Å². The van der Waals surface area contributed by atoms with E-state index in [1.165, 1.54) is 0 Å². The van der Waals surface area contributed by atoms with Gasteiger partial charge in [0.25, 0.3) is 0 Å². The first-order chi connectivity index (χ1) is 16.2. The summed E-state index contributed by atoms with van der Waals surface area (Å²) in [6.07, 6.45) is 1.56. The van der Waals surface area contributed by atoms with E-state index in [9.17, 15) is 4.79 Å². The Hall–Kier alpha value is -3.42. The van der Waals surface area contributed by atoms with Crippen LogP contribution in [0.4, 0.5) is 0 Å². The molecule has 1 aliphatic rings. The van der Waals surface area contributed by atoms with Gasteiger partial charge in [0.1, 0.15) is 11.9 Å². The van der Waals surface area contributed by atoms with Gasteiger partial charge >= 0.3 is 5.63 Å². The molecule has 7 nitrogen and oxygen atoms in total. The SMILES string of the molecule is CC(C)(C)c1nc2c3c(ncn2n1)Oc1c(c(=O)oc2ccccc12)C3c1cccc(Cl)c1Cl. The zero-order valence-electron chi connectivity index (χ0n) is 18.5. The summed E-state index contributed by atoms with van der Waals surface area (Å²) in [5.41, 5.74) is 1.62. The normalized spacial score (nSPS) is 15.3. The Morgan fingerprint density at radius 2 is 1.82 bits per heavy atom. The van der Waals surface area contributed by atoms with Gasteiger partial charge in [0, 0.05) is 5.41 Å². The number of rotatable bonds is 1. The molecule has 34 heavy (non-hydrogen) atoms. The molecule has 0 fully saturated rings. The minimum Gasteiger partial charge on any atom is -0.437 e. The summed E-state index contributed by atoms with van der Waals surface area (Å²) >= 11 is 13.1. The third-order valence-corrected chi connectivity index (χ3v) is 6.76. The summed E-state index contributed by atoms with van der Waals surface area (Å²) in [5, 5.41) is 5.97. The third kappa shape index (κ3) is 3.04. The lowest BCUT2D eigenvalue weighted by molar-refractivity contribution is 0.422. The number of hydrogen-bond donors (Lipinski definition) is 0. The van der Waals surface area contributed by atoms with Gasteiger partial charge in [-0.2, -0.15) is 0 Å². The third-order valence-electron chi connectivity index (χ3n) is 5.93. The molecule has 1 atom stereocenters. The molecule has 2 aromatic carbocycles. The zero-order chi connectivity index (χ0) is 23.8. The maximum atomic E-state index is 13.4. The molecular formula is C25H18Cl2N4O3. The quantitative estimate of drug-likeness (QED) is 0.257. The number of halogens is 2. The molecule has 0 aliphatic carbocycles. The van der Waals surface area contributed by atoms with Crippen LogP contribution in [0.3, 0.4) is 0 Å². The van der Waals surface area contributed by atoms with E-state index in [-0.39, 0.29) is 5.41 Å². The van der Waals surface area contributed by atoms with Crippen molar-refractivity contribution in [3.05, 3.63) is 91.8 Å². The van der Waals surface area contributed by atoms with Gasteiger partial charge < -0.3 is 9.15 Å². The largest absolute Gasteiger partial charge is 0.437 e. The minimum atomic E-state index is -0.681. The molecule has 170 valence electrons. The highest BCUT2D eigenvalue weighted by Gasteiger charge is 2.39. The monoisotopic (exact) mass is 492 g/mol. The standard InChI is InChI=1S/C25H18Cl2N4O3/c1-25(2,3)24-29-21-18-16(13-8-6-9-14(26)19(13)27)17-20(34-22(18)28-11-31(21)30-24)12-7-4-5-10-15(12)33-23(17)32/h4-11,16H,1-3H3. The van der Waals surface area contributed by atoms with Crippen molar-refractivity contribution >= 4 is 39.8 Å². The molecule has 5 aromatic rings. The average molecular weight is 493 g/mol. The molecule has 0 radical (unpaired) electrons. The predicted octanol–water partition coefficient (Wildman–Crippen LogP) is 6.12. The number of ether oxygens (including phenoxy) is 1. The lowest BCUT2D eigenvalue weighted by atomic mass is 9.84. The molecule has 0 amide bonds. The summed E-state index contributed by atoms with van der Waals surface area (Å²) in [6, 6.07) is 12.5. The number of hydrogen-bond acceptors (Lipinski definition) is 6. The summed E-state index contributed by atoms with van der Waals surface area (Å²) < 4.78 is 13.6. The summed E-state index contributed by atoms with van der Waals surface area (Å²) in [7, 11) is 0. The van der Waals surface area contributed by atoms with E-state index in [0.717, 1.165) is 0 Å². The van der Waals surface area contributed by atoms with Crippen LogP contribution in [0.2, 0.25) is 10.0 Å². The Labute approximate surface area is 203 Å². The van der Waals surface area contributed by atoms with Gasteiger partial charge in [-0.25, -0.2) is 19.3 Å². The van der Waals surface area contributed by atoms with Crippen molar-refractivity contribution in [1.82, 2.24) is 19.6 Å². The molecule has 3 aromatic heterocycles. The first-order valence-corrected chi connectivity index (χ1v) is 11.4. The maximum Gasteiger partial charge on any atom is 0.344 e. The fourth-order valence-corrected chi connectivity index (χ4v) is 4.72. The molecule has 1 unspecified atom stereocenters. The highest BCUT2D eigenvalue weighted by molar-refractivity contribution is 6.42. The lowest BCUT2D eigenvalue weighted by Gasteiger charge is -2.28. The lowest BCUT2D eigenvalue weighted by Crippen LogP contribution is -2.22. The van der Waals surface area contributed by atoms with Gasteiger partial charge in [0.05, 0.1) is 32.5 Å². The van der Waals surface area contributed by atoms with E-state index in [4.69, 9.17) is 37.3 Å². The van der Waals surface area contributed by atoms with Crippen LogP contribution < -0.4 is 10.4 Å². The van der Waals surface area contributed by atoms with Crippen LogP contribution in [0.5, 0.6) is 11.6 Å². The summed E-state index contributed by atoms with van der Waals surface area (Å²) in [4.78, 5) is 22.7. The maximum absolute atomic E-state index is 13.4. The molecule has 9 heteroatoms. The van der Waals surface area contributed by atoms with Crippen LogP contribution in [0.1, 0.15) is 49.2 Å². The molecule has 1 aliphatic heterocycles. The van der Waals surface area contributed by atoms with E-state index in [2.05, 4.69) is 10.1 Å². The van der Waals surface area contributed by atoms with Crippen LogP contribution in [0.15, 0.2) is 58.0 Å². The molecule has 6 rings (SSSR count). The Kier molecular flexibility index (Phi) is 4.53. The van der Waals surface area contributed by atoms with Crippen LogP contribution in [-0.4, -0.2) is 19.6 Å². The van der Waals surface area contributed by atoms with E-state index in [1.807, 2.05) is 39.0 Å². The second-order valence-electron chi connectivity index (χ2n) is 9.22. The van der Waals surface area contributed by atoms with Crippen molar-refractivity contribution in [2.45, 2.75) is 32.1 Å². The van der Waals surface area contributed by atoms with E-state index < -0.39 is 11.5 Å². The van der Waals surface area contributed by atoms with Crippen molar-refractivity contribution < 1.29 is 9.15 Å². The molecule has 0 spiro atoms. The molecule has 0 saturated carbocycles. The van der Waals surface area contributed by atoms with Gasteiger partial charge in [0.2, 0.25) is 5.88 Å². The van der Waals surface area contributed by atoms with Gasteiger partial charge in [-0.3, -0.25) is 0 Å². The molecular weight excluding hydrogens is 475 g/mol. The fourth-order valence-electron chi connectivity index (χ4n) is 4.30. The van der Waals surface area contributed by atoms with Crippen molar-refractivity contribution in [2.24, 2.45) is 0 Å². The summed E-state index contributed by atoms with van der Waals surface area (Å²) in [5.74, 6) is 0.659. The van der Waals surface area contributed by atoms with E-state index in [1.54, 1.807) is 35.1 Å². The zero-order valence-corrected chi connectivity index (χ0v) is 20.0. The summed E-state index contributed by atoms with van der Waals surface area (Å²) in [6.45, 7) is 6.08. The Balaban J connectivity index is 1.76. The molecule has 0 N–H and O–H groups in total. The van der Waals surface area contributed by atoms with Gasteiger partial charge in [0.15, 0.2) is 17.2 Å². The van der Waals surface area contributed by atoms with E-state index in [0.29, 0.717) is 60.8 Å². The predicted molar refractivity (Wildman–Crippen MR) is 129 cm³/mol. The van der Waals surface area contributed by atoms with Gasteiger partial charge in [-0.15, -0.1) is 5.10 Å². The number of fused-ring (bicyclic) bond motifs is 6. The number of aromatic nitrogens is 4. The van der Waals surface area contributed by atoms with Crippen LogP contribution >= 0.6 is 23.2 Å². The second kappa shape index (κ2) is 7.29. The van der Waals surface area contributed by atoms with Gasteiger partial charge in [-0.05, 0) is 23.8 Å². The molecule has 0 saturated heterocycles. The first kappa shape index (κ1) is 21.1. The minimum absolute atomic E-state index is 0.301. The highest BCUT2D eigenvalue weighted by Crippen LogP contribution is 2.50. The van der Waals surface area contributed by atoms with Crippen LogP contribution in [-0.2, 0) is 5.41 Å². The topological polar surface area (TPSA) is 82.5 Å². The number of benzene rings is 2. The number of para-hydroxylation sites is 1. The van der Waals surface area contributed by atoms with Crippen LogP contribution in [0, 0.1) is 0 Å². The van der Waals surface area contributed by atoms with Gasteiger partial charge in [-0.1, -0.05) is 68.2 Å². The smallest absolute Gasteiger partial charge is 0.344 e. The Bertz CT molecular complexity index is 1680. The van der Waals surface area contributed by atoms with Crippen molar-refractivity contribution in [3.8, 4) is 11.6 Å².